The molecule has 0 aliphatic rings. The molecule has 4 rings (SSSR count). The predicted octanol–water partition coefficient (Wildman–Crippen LogP) is 2.52. The van der Waals surface area contributed by atoms with E-state index in [9.17, 15) is 4.39 Å². The number of halogens is 1. The number of aryl methyl sites for hydroxylation is 1. The number of nitrogens with zero attached hydrogens (tertiary/aromatic N) is 7. The third kappa shape index (κ3) is 2.75. The van der Waals surface area contributed by atoms with Crippen LogP contribution in [0.5, 0.6) is 0 Å². The fourth-order valence-corrected chi connectivity index (χ4v) is 2.89. The normalized spacial score (nSPS) is 11.3. The van der Waals surface area contributed by atoms with Crippen LogP contribution in [0.2, 0.25) is 0 Å². The predicted molar refractivity (Wildman–Crippen MR) is 89.3 cm³/mol. The molecule has 0 saturated heterocycles. The summed E-state index contributed by atoms with van der Waals surface area (Å²) >= 11 is 0. The molecule has 25 heavy (non-hydrogen) atoms. The van der Waals surface area contributed by atoms with Gasteiger partial charge in [-0.05, 0) is 18.6 Å². The molecule has 0 aromatic carbocycles. The third-order valence-corrected chi connectivity index (χ3v) is 4.02. The van der Waals surface area contributed by atoms with Crippen LogP contribution in [0.4, 0.5) is 4.39 Å². The molecule has 4 aromatic heterocycles. The van der Waals surface area contributed by atoms with Crippen LogP contribution in [0.3, 0.4) is 0 Å². The summed E-state index contributed by atoms with van der Waals surface area (Å²) in [5.41, 5.74) is 2.95. The van der Waals surface area contributed by atoms with Gasteiger partial charge in [0.05, 0.1) is 12.2 Å². The molecular weight excluding hydrogens is 321 g/mol. The fraction of sp³-hybridized carbons (Fsp3) is 0.235. The van der Waals surface area contributed by atoms with Crippen molar-refractivity contribution in [3.63, 3.8) is 0 Å². The number of hydrogen-bond donors (Lipinski definition) is 0. The summed E-state index contributed by atoms with van der Waals surface area (Å²) in [6, 6.07) is 2.94. The maximum Gasteiger partial charge on any atom is 0.162 e. The van der Waals surface area contributed by atoms with Gasteiger partial charge in [0.15, 0.2) is 17.3 Å². The molecule has 0 spiro atoms. The molecule has 0 aliphatic heterocycles. The van der Waals surface area contributed by atoms with Gasteiger partial charge in [0.25, 0.3) is 0 Å². The fourth-order valence-electron chi connectivity index (χ4n) is 2.89. The molecule has 0 fully saturated rings. The van der Waals surface area contributed by atoms with E-state index in [-0.39, 0.29) is 5.69 Å². The molecule has 0 bridgehead atoms. The Bertz CT molecular complexity index is 1020. The smallest absolute Gasteiger partial charge is 0.162 e. The zero-order chi connectivity index (χ0) is 17.2. The van der Waals surface area contributed by atoms with Gasteiger partial charge < -0.3 is 4.57 Å². The van der Waals surface area contributed by atoms with Gasteiger partial charge in [0.2, 0.25) is 0 Å². The van der Waals surface area contributed by atoms with Crippen LogP contribution in [0, 0.1) is 5.82 Å². The number of rotatable bonds is 5. The lowest BCUT2D eigenvalue weighted by Crippen LogP contribution is -2.10. The van der Waals surface area contributed by atoms with E-state index in [0.717, 1.165) is 29.7 Å². The van der Waals surface area contributed by atoms with Crippen molar-refractivity contribution >= 4 is 5.65 Å². The lowest BCUT2D eigenvalue weighted by Gasteiger charge is -2.12. The molecule has 0 radical (unpaired) electrons. The molecule has 0 unspecified atom stereocenters. The Morgan fingerprint density at radius 1 is 1.12 bits per heavy atom. The van der Waals surface area contributed by atoms with Crippen molar-refractivity contribution in [3.8, 4) is 11.5 Å². The van der Waals surface area contributed by atoms with E-state index in [1.54, 1.807) is 35.5 Å². The van der Waals surface area contributed by atoms with E-state index in [1.165, 1.54) is 12.4 Å². The molecule has 7 nitrogen and oxygen atoms in total. The second-order valence-electron chi connectivity index (χ2n) is 5.66. The average molecular weight is 337 g/mol. The first-order valence-corrected chi connectivity index (χ1v) is 8.06. The molecule has 0 aliphatic carbocycles. The van der Waals surface area contributed by atoms with Crippen molar-refractivity contribution in [1.29, 1.82) is 0 Å². The first kappa shape index (κ1) is 15.4. The Kier molecular flexibility index (Phi) is 3.93. The maximum absolute atomic E-state index is 14.1. The SMILES string of the molecule is CCCc1c(Cn2ccnc2-c2ncccc2F)ncn2ncnc12. The monoisotopic (exact) mass is 337 g/mol. The Labute approximate surface area is 143 Å². The minimum absolute atomic E-state index is 0.230. The van der Waals surface area contributed by atoms with Crippen LogP contribution < -0.4 is 0 Å². The molecule has 8 heteroatoms. The molecule has 0 amide bonds. The molecule has 4 heterocycles. The van der Waals surface area contributed by atoms with Gasteiger partial charge in [-0.1, -0.05) is 13.3 Å². The minimum Gasteiger partial charge on any atom is -0.324 e. The molecule has 0 N–H and O–H groups in total. The van der Waals surface area contributed by atoms with Crippen molar-refractivity contribution in [1.82, 2.24) is 34.1 Å². The van der Waals surface area contributed by atoms with Gasteiger partial charge in [0, 0.05) is 24.2 Å². The maximum atomic E-state index is 14.1. The van der Waals surface area contributed by atoms with Gasteiger partial charge in [-0.3, -0.25) is 0 Å². The van der Waals surface area contributed by atoms with E-state index in [2.05, 4.69) is 32.0 Å². The van der Waals surface area contributed by atoms with Crippen LogP contribution in [0.15, 0.2) is 43.4 Å². The van der Waals surface area contributed by atoms with E-state index >= 15 is 0 Å². The minimum atomic E-state index is -0.399. The van der Waals surface area contributed by atoms with Crippen LogP contribution in [0.25, 0.3) is 17.2 Å². The average Bonchev–Trinajstić information content (AvgIpc) is 3.27. The van der Waals surface area contributed by atoms with Crippen molar-refractivity contribution in [2.45, 2.75) is 26.3 Å². The summed E-state index contributed by atoms with van der Waals surface area (Å²) in [7, 11) is 0. The number of fused-ring (bicyclic) bond motifs is 1. The summed E-state index contributed by atoms with van der Waals surface area (Å²) in [5, 5.41) is 4.14. The summed E-state index contributed by atoms with van der Waals surface area (Å²) in [6.07, 6.45) is 9.97. The Balaban J connectivity index is 1.77. The quantitative estimate of drug-likeness (QED) is 0.559. The molecular formula is C17H16FN7. The first-order chi connectivity index (χ1) is 12.3. The van der Waals surface area contributed by atoms with E-state index in [4.69, 9.17) is 0 Å². The van der Waals surface area contributed by atoms with E-state index in [1.807, 2.05) is 4.57 Å². The van der Waals surface area contributed by atoms with Crippen LogP contribution in [0.1, 0.15) is 24.6 Å². The van der Waals surface area contributed by atoms with Gasteiger partial charge in [-0.2, -0.15) is 5.10 Å². The van der Waals surface area contributed by atoms with Crippen LogP contribution in [-0.4, -0.2) is 34.1 Å². The second kappa shape index (κ2) is 6.39. The highest BCUT2D eigenvalue weighted by atomic mass is 19.1. The van der Waals surface area contributed by atoms with Gasteiger partial charge in [0.1, 0.15) is 18.3 Å². The van der Waals surface area contributed by atoms with Crippen LogP contribution in [-0.2, 0) is 13.0 Å². The molecule has 126 valence electrons. The van der Waals surface area contributed by atoms with Crippen molar-refractivity contribution in [2.24, 2.45) is 0 Å². The summed E-state index contributed by atoms with van der Waals surface area (Å²) in [6.45, 7) is 2.57. The van der Waals surface area contributed by atoms with Gasteiger partial charge in [-0.15, -0.1) is 0 Å². The second-order valence-corrected chi connectivity index (χ2v) is 5.66. The Morgan fingerprint density at radius 2 is 2.04 bits per heavy atom. The zero-order valence-corrected chi connectivity index (χ0v) is 13.7. The largest absolute Gasteiger partial charge is 0.324 e. The lowest BCUT2D eigenvalue weighted by molar-refractivity contribution is 0.621. The number of aromatic nitrogens is 7. The first-order valence-electron chi connectivity index (χ1n) is 8.06. The highest BCUT2D eigenvalue weighted by Crippen LogP contribution is 2.21. The lowest BCUT2D eigenvalue weighted by atomic mass is 10.1. The van der Waals surface area contributed by atoms with E-state index < -0.39 is 5.82 Å². The molecule has 4 aromatic rings. The zero-order valence-electron chi connectivity index (χ0n) is 13.7. The van der Waals surface area contributed by atoms with Gasteiger partial charge in [-0.25, -0.2) is 28.8 Å². The summed E-state index contributed by atoms with van der Waals surface area (Å²) in [5.74, 6) is 0.0771. The molecule has 0 saturated carbocycles. The third-order valence-electron chi connectivity index (χ3n) is 4.02. The summed E-state index contributed by atoms with van der Waals surface area (Å²) in [4.78, 5) is 17.3. The van der Waals surface area contributed by atoms with Crippen LogP contribution >= 0.6 is 0 Å². The number of hydrogen-bond acceptors (Lipinski definition) is 5. The molecule has 0 atom stereocenters. The topological polar surface area (TPSA) is 73.8 Å². The Morgan fingerprint density at radius 3 is 2.88 bits per heavy atom. The highest BCUT2D eigenvalue weighted by molar-refractivity contribution is 5.52. The van der Waals surface area contributed by atoms with Gasteiger partial charge >= 0.3 is 0 Å². The number of imidazole rings is 1. The van der Waals surface area contributed by atoms with E-state index in [0.29, 0.717) is 12.4 Å². The highest BCUT2D eigenvalue weighted by Gasteiger charge is 2.16. The van der Waals surface area contributed by atoms with Crippen molar-refractivity contribution in [3.05, 3.63) is 60.5 Å². The number of pyridine rings is 1. The summed E-state index contributed by atoms with van der Waals surface area (Å²) < 4.78 is 17.6. The standard InChI is InChI=1S/C17H16FN7/c1-2-4-12-14(22-11-25-16(12)21-10-23-25)9-24-8-7-20-17(24)15-13(18)5-3-6-19-15/h3,5-8,10-11H,2,4,9H2,1H3. The van der Waals surface area contributed by atoms with Crippen molar-refractivity contribution < 1.29 is 4.39 Å². The Hall–Kier alpha value is -3.16. The van der Waals surface area contributed by atoms with Crippen molar-refractivity contribution in [2.75, 3.05) is 0 Å².